The number of phenolic OH excluding ortho intramolecular Hbond substituents is 2. The van der Waals surface area contributed by atoms with Crippen LogP contribution in [-0.4, -0.2) is 86.5 Å². The van der Waals surface area contributed by atoms with E-state index in [1.165, 1.54) is 13.2 Å². The second-order valence-electron chi connectivity index (χ2n) is 19.2. The molecule has 344 valence electrons. The molecule has 0 aromatic heterocycles. The Balaban J connectivity index is 1.53. The van der Waals surface area contributed by atoms with E-state index in [4.69, 9.17) is 19.2 Å². The third-order valence-electron chi connectivity index (χ3n) is 14.1. The van der Waals surface area contributed by atoms with Gasteiger partial charge < -0.3 is 39.7 Å². The molecule has 4 N–H and O–H groups in total. The summed E-state index contributed by atoms with van der Waals surface area (Å²) >= 11 is 3.39. The number of allylic oxidation sites excluding steroid dienone is 3. The van der Waals surface area contributed by atoms with Gasteiger partial charge in [0.15, 0.2) is 5.75 Å². The van der Waals surface area contributed by atoms with Gasteiger partial charge in [-0.15, -0.1) is 0 Å². The van der Waals surface area contributed by atoms with Crippen molar-refractivity contribution in [2.45, 2.75) is 126 Å². The summed E-state index contributed by atoms with van der Waals surface area (Å²) in [6.45, 7) is 23.6. The van der Waals surface area contributed by atoms with Gasteiger partial charge in [-0.05, 0) is 55.9 Å². The Labute approximate surface area is 379 Å². The first-order chi connectivity index (χ1) is 29.6. The number of aliphatic hydroxyl groups excluding tert-OH is 1. The Morgan fingerprint density at radius 1 is 0.968 bits per heavy atom. The summed E-state index contributed by atoms with van der Waals surface area (Å²) < 4.78 is 18.6. The second-order valence-corrected chi connectivity index (χ2v) is 20.0. The summed E-state index contributed by atoms with van der Waals surface area (Å²) in [7, 11) is 0. The van der Waals surface area contributed by atoms with E-state index in [9.17, 15) is 29.7 Å². The number of alkyl halides is 1. The minimum absolute atomic E-state index is 0.00749. The van der Waals surface area contributed by atoms with E-state index < -0.39 is 47.0 Å². The number of nitrogens with zero attached hydrogens (tertiary/aromatic N) is 3. The highest BCUT2D eigenvalue weighted by Crippen LogP contribution is 2.51. The Hall–Kier alpha value is -4.27. The van der Waals surface area contributed by atoms with E-state index in [0.29, 0.717) is 36.2 Å². The predicted octanol–water partition coefficient (Wildman–Crippen LogP) is 7.80. The van der Waals surface area contributed by atoms with Crippen LogP contribution < -0.4 is 20.8 Å². The fraction of sp³-hybridized carbons (Fsp3) is 0.612. The van der Waals surface area contributed by atoms with Gasteiger partial charge in [-0.1, -0.05) is 89.5 Å². The maximum atomic E-state index is 14.7. The first-order valence-corrected chi connectivity index (χ1v) is 23.7. The number of amides is 1. The molecule has 14 heteroatoms. The molecule has 0 saturated carbocycles. The smallest absolute Gasteiger partial charge is 0.312 e. The maximum Gasteiger partial charge on any atom is 0.312 e. The standard InChI is InChI=1S/C49H67BrN4O9/c1-25(2)24-54-21-18-49(19-22-54)52-38-35-36-42(57)33(10)45-37(35)46(59)48(11,63-45)61-23-17-26(3)29(6)30(7)31(8)41(56)32(9)44(62-34(55)16-13-20-50)27(4)14-12-15-28(5)47(60)51-40(43(36)58)39(38)53-49/h12,14-15,17,23,25-27,29-32,41,44,52,56-58H,13,16,18-22,24H2,1-11H3/b14-12+,23-17+,28-15-,51-40?/t26-,27-,29+,30+,31-,32-,41-,44-,48-/m0/s1. The van der Waals surface area contributed by atoms with E-state index in [-0.39, 0.29) is 91.7 Å². The van der Waals surface area contributed by atoms with Crippen molar-refractivity contribution in [1.29, 1.82) is 0 Å². The van der Waals surface area contributed by atoms with Crippen LogP contribution in [0.1, 0.15) is 111 Å². The number of ether oxygens (including phenoxy) is 3. The topological polar surface area (TPSA) is 180 Å². The number of nitrogens with one attached hydrogen (secondary N) is 1. The van der Waals surface area contributed by atoms with Gasteiger partial charge in [-0.25, -0.2) is 4.99 Å². The molecular weight excluding hydrogens is 868 g/mol. The highest BCUT2D eigenvalue weighted by atomic mass is 79.9. The maximum absolute atomic E-state index is 14.7. The Bertz CT molecular complexity index is 2330. The van der Waals surface area contributed by atoms with Crippen LogP contribution in [0.2, 0.25) is 0 Å². The van der Waals surface area contributed by atoms with Crippen LogP contribution in [0, 0.1) is 48.3 Å². The molecule has 1 fully saturated rings. The van der Waals surface area contributed by atoms with Crippen molar-refractivity contribution in [3.8, 4) is 17.2 Å². The van der Waals surface area contributed by atoms with E-state index in [0.717, 1.165) is 19.6 Å². The molecule has 1 spiro atoms. The van der Waals surface area contributed by atoms with Crippen molar-refractivity contribution >= 4 is 50.0 Å². The molecule has 5 aliphatic heterocycles. The van der Waals surface area contributed by atoms with Crippen molar-refractivity contribution in [2.75, 3.05) is 30.3 Å². The average molecular weight is 936 g/mol. The minimum atomic E-state index is -1.82. The van der Waals surface area contributed by atoms with Crippen LogP contribution in [0.3, 0.4) is 0 Å². The summed E-state index contributed by atoms with van der Waals surface area (Å²) in [6.07, 6.45) is 9.08. The number of aliphatic hydroxyl groups is 1. The number of hydrogen-bond donors (Lipinski definition) is 4. The number of carbonyl (C=O) groups excluding carboxylic acids is 3. The molecule has 63 heavy (non-hydrogen) atoms. The van der Waals surface area contributed by atoms with Crippen molar-refractivity contribution < 1.29 is 43.9 Å². The fourth-order valence-electron chi connectivity index (χ4n) is 9.62. The quantitative estimate of drug-likeness (QED) is 0.126. The molecule has 13 nitrogen and oxygen atoms in total. The molecule has 5 aliphatic rings. The lowest BCUT2D eigenvalue weighted by Crippen LogP contribution is -2.47. The highest BCUT2D eigenvalue weighted by molar-refractivity contribution is 9.09. The molecule has 2 aromatic carbocycles. The SMILES string of the molecule is C/C1=C/C=C/[C@H](C)[C@H](OC(=O)CCCBr)[C@@H](C)[C@@H](O)[C@@H](C)[C@H](C)[C@H](C)[C@@H](C)/C=C/O[C@@]2(C)Oc3c(C)c(O)c4c(O)c(c5c(c4c3C2=O)NC2(CCN(CC(C)C)CC2)N=5)=NC1=O. The molecule has 0 aliphatic carbocycles. The highest BCUT2D eigenvalue weighted by Gasteiger charge is 2.50. The van der Waals surface area contributed by atoms with Gasteiger partial charge in [-0.2, -0.15) is 0 Å². The van der Waals surface area contributed by atoms with Crippen molar-refractivity contribution in [2.24, 2.45) is 51.4 Å². The Kier molecular flexibility index (Phi) is 14.6. The van der Waals surface area contributed by atoms with Gasteiger partial charge in [0.1, 0.15) is 34.0 Å². The number of aromatic hydroxyl groups is 2. The van der Waals surface area contributed by atoms with Crippen molar-refractivity contribution in [3.05, 3.63) is 58.0 Å². The summed E-state index contributed by atoms with van der Waals surface area (Å²) in [4.78, 5) is 53.8. The number of benzene rings is 2. The van der Waals surface area contributed by atoms with E-state index in [2.05, 4.69) is 58.8 Å². The lowest BCUT2D eigenvalue weighted by molar-refractivity contribution is -0.157. The number of likely N-dealkylation sites (tertiary alicyclic amines) is 1. The van der Waals surface area contributed by atoms with Gasteiger partial charge in [0.05, 0.1) is 29.0 Å². The molecule has 5 bridgehead atoms. The number of Topliss-reactive ketones (excluding diaryl/α,β-unsaturated/α-hetero) is 1. The zero-order valence-corrected chi connectivity index (χ0v) is 40.3. The number of phenols is 2. The fourth-order valence-corrected chi connectivity index (χ4v) is 9.90. The summed E-state index contributed by atoms with van der Waals surface area (Å²) in [5.74, 6) is -4.53. The van der Waals surface area contributed by atoms with Crippen LogP contribution in [0.5, 0.6) is 17.2 Å². The zero-order valence-electron chi connectivity index (χ0n) is 38.8. The molecule has 1 amide bonds. The summed E-state index contributed by atoms with van der Waals surface area (Å²) in [5, 5.41) is 40.4. The lowest BCUT2D eigenvalue weighted by Gasteiger charge is -2.38. The molecule has 9 atom stereocenters. The lowest BCUT2D eigenvalue weighted by atomic mass is 9.72. The van der Waals surface area contributed by atoms with Gasteiger partial charge in [0.25, 0.3) is 11.7 Å². The van der Waals surface area contributed by atoms with E-state index >= 15 is 0 Å². The van der Waals surface area contributed by atoms with Crippen LogP contribution in [0.4, 0.5) is 5.69 Å². The molecule has 1 saturated heterocycles. The number of carbonyl (C=O) groups is 3. The predicted molar refractivity (Wildman–Crippen MR) is 247 cm³/mol. The monoisotopic (exact) mass is 934 g/mol. The first-order valence-electron chi connectivity index (χ1n) is 22.6. The number of ketones is 1. The molecule has 0 radical (unpaired) electrons. The average Bonchev–Trinajstić information content (AvgIpc) is 3.74. The van der Waals surface area contributed by atoms with Crippen molar-refractivity contribution in [1.82, 2.24) is 4.90 Å². The normalized spacial score (nSPS) is 32.0. The van der Waals surface area contributed by atoms with Crippen LogP contribution >= 0.6 is 15.9 Å². The van der Waals surface area contributed by atoms with Gasteiger partial charge in [0, 0.05) is 79.5 Å². The number of hydrogen-bond acceptors (Lipinski definition) is 12. The van der Waals surface area contributed by atoms with Gasteiger partial charge in [0.2, 0.25) is 0 Å². The van der Waals surface area contributed by atoms with Crippen LogP contribution in [0.15, 0.2) is 46.1 Å². The Morgan fingerprint density at radius 3 is 2.30 bits per heavy atom. The van der Waals surface area contributed by atoms with Gasteiger partial charge in [-0.3, -0.25) is 19.4 Å². The third-order valence-corrected chi connectivity index (χ3v) is 14.7. The van der Waals surface area contributed by atoms with E-state index in [1.807, 2.05) is 39.8 Å². The second kappa shape index (κ2) is 19.1. The number of esters is 1. The first kappa shape index (κ1) is 48.2. The molecular formula is C49H67BrN4O9. The summed E-state index contributed by atoms with van der Waals surface area (Å²) in [5.41, 5.74) is 0.134. The van der Waals surface area contributed by atoms with E-state index in [1.54, 1.807) is 26.0 Å². The molecule has 7 rings (SSSR count). The molecule has 2 aromatic rings. The number of halogens is 1. The minimum Gasteiger partial charge on any atom is -0.507 e. The number of piperidine rings is 1. The largest absolute Gasteiger partial charge is 0.507 e. The molecule has 0 unspecified atom stereocenters. The number of anilines is 1. The zero-order chi connectivity index (χ0) is 46.3. The van der Waals surface area contributed by atoms with Crippen LogP contribution in [0.25, 0.3) is 10.8 Å². The summed E-state index contributed by atoms with van der Waals surface area (Å²) in [6, 6.07) is 0. The van der Waals surface area contributed by atoms with Gasteiger partial charge >= 0.3 is 11.8 Å². The third kappa shape index (κ3) is 9.45. The molecule has 5 heterocycles. The van der Waals surface area contributed by atoms with Crippen molar-refractivity contribution in [3.63, 3.8) is 0 Å². The number of rotatable bonds is 6. The van der Waals surface area contributed by atoms with Crippen LogP contribution in [-0.2, 0) is 19.1 Å². The number of fused-ring (bicyclic) bond motifs is 13. The Morgan fingerprint density at radius 2 is 1.65 bits per heavy atom.